The standard InChI is InChI=1S/C15H28N4/c1-2-17-14(12-16)6-10-18-11-7-15(13-18)19-8-4-3-5-9-19/h14-15,17H,2-11,13H2,1H3. The molecule has 0 aromatic heterocycles. The Hall–Kier alpha value is -0.630. The smallest absolute Gasteiger partial charge is 0.0965 e. The molecule has 4 heteroatoms. The van der Waals surface area contributed by atoms with Crippen molar-refractivity contribution in [3.05, 3.63) is 0 Å². The lowest BCUT2D eigenvalue weighted by Gasteiger charge is -2.32. The molecule has 2 unspecified atom stereocenters. The second-order valence-electron chi connectivity index (χ2n) is 5.87. The van der Waals surface area contributed by atoms with Crippen molar-refractivity contribution in [2.24, 2.45) is 0 Å². The van der Waals surface area contributed by atoms with Gasteiger partial charge in [0.25, 0.3) is 0 Å². The predicted octanol–water partition coefficient (Wildman–Crippen LogP) is 1.44. The third-order valence-corrected chi connectivity index (χ3v) is 4.49. The Morgan fingerprint density at radius 3 is 2.74 bits per heavy atom. The summed E-state index contributed by atoms with van der Waals surface area (Å²) in [6.07, 6.45) is 6.45. The summed E-state index contributed by atoms with van der Waals surface area (Å²) in [7, 11) is 0. The number of hydrogen-bond acceptors (Lipinski definition) is 4. The molecule has 0 aliphatic carbocycles. The van der Waals surface area contributed by atoms with Crippen molar-refractivity contribution in [1.29, 1.82) is 5.26 Å². The van der Waals surface area contributed by atoms with Gasteiger partial charge in [-0.2, -0.15) is 5.26 Å². The van der Waals surface area contributed by atoms with Crippen LogP contribution in [0, 0.1) is 11.3 Å². The third-order valence-electron chi connectivity index (χ3n) is 4.49. The van der Waals surface area contributed by atoms with Gasteiger partial charge in [0.2, 0.25) is 0 Å². The van der Waals surface area contributed by atoms with Crippen LogP contribution in [0.2, 0.25) is 0 Å². The molecule has 108 valence electrons. The number of nitriles is 1. The lowest BCUT2D eigenvalue weighted by atomic mass is 10.1. The molecule has 2 aliphatic rings. The van der Waals surface area contributed by atoms with Crippen LogP contribution in [0.1, 0.15) is 39.0 Å². The molecule has 2 saturated heterocycles. The van der Waals surface area contributed by atoms with Gasteiger partial charge in [-0.3, -0.25) is 4.90 Å². The summed E-state index contributed by atoms with van der Waals surface area (Å²) in [5.74, 6) is 0. The maximum atomic E-state index is 9.05. The minimum atomic E-state index is 0.0269. The Morgan fingerprint density at radius 1 is 1.26 bits per heavy atom. The summed E-state index contributed by atoms with van der Waals surface area (Å²) in [6, 6.07) is 3.16. The highest BCUT2D eigenvalue weighted by Gasteiger charge is 2.28. The van der Waals surface area contributed by atoms with Gasteiger partial charge in [-0.05, 0) is 51.9 Å². The van der Waals surface area contributed by atoms with Gasteiger partial charge in [-0.1, -0.05) is 13.3 Å². The molecular weight excluding hydrogens is 236 g/mol. The maximum Gasteiger partial charge on any atom is 0.0965 e. The average molecular weight is 264 g/mol. The van der Waals surface area contributed by atoms with E-state index in [1.54, 1.807) is 0 Å². The van der Waals surface area contributed by atoms with E-state index in [9.17, 15) is 0 Å². The van der Waals surface area contributed by atoms with Gasteiger partial charge in [0.1, 0.15) is 0 Å². The summed E-state index contributed by atoms with van der Waals surface area (Å²) in [6.45, 7) is 9.04. The van der Waals surface area contributed by atoms with E-state index in [0.29, 0.717) is 0 Å². The zero-order valence-corrected chi connectivity index (χ0v) is 12.3. The van der Waals surface area contributed by atoms with Crippen molar-refractivity contribution in [1.82, 2.24) is 15.1 Å². The van der Waals surface area contributed by atoms with E-state index < -0.39 is 0 Å². The van der Waals surface area contributed by atoms with Gasteiger partial charge < -0.3 is 10.2 Å². The van der Waals surface area contributed by atoms with E-state index in [0.717, 1.165) is 25.6 Å². The van der Waals surface area contributed by atoms with Crippen LogP contribution in [0.15, 0.2) is 0 Å². The molecule has 2 atom stereocenters. The zero-order valence-electron chi connectivity index (χ0n) is 12.3. The molecule has 2 fully saturated rings. The van der Waals surface area contributed by atoms with Gasteiger partial charge in [0, 0.05) is 19.1 Å². The molecule has 0 amide bonds. The molecular formula is C15H28N4. The fourth-order valence-electron chi connectivity index (χ4n) is 3.37. The van der Waals surface area contributed by atoms with E-state index in [-0.39, 0.29) is 6.04 Å². The minimum Gasteiger partial charge on any atom is -0.302 e. The van der Waals surface area contributed by atoms with E-state index in [2.05, 4.69) is 28.1 Å². The number of nitrogens with one attached hydrogen (secondary N) is 1. The lowest BCUT2D eigenvalue weighted by molar-refractivity contribution is 0.161. The van der Waals surface area contributed by atoms with Crippen molar-refractivity contribution in [2.75, 3.05) is 39.3 Å². The molecule has 0 aromatic rings. The van der Waals surface area contributed by atoms with Crippen LogP contribution < -0.4 is 5.32 Å². The number of nitrogens with zero attached hydrogens (tertiary/aromatic N) is 3. The number of hydrogen-bond donors (Lipinski definition) is 1. The van der Waals surface area contributed by atoms with Gasteiger partial charge in [-0.25, -0.2) is 0 Å². The Labute approximate surface area is 117 Å². The summed E-state index contributed by atoms with van der Waals surface area (Å²) < 4.78 is 0. The second-order valence-corrected chi connectivity index (χ2v) is 5.87. The predicted molar refractivity (Wildman–Crippen MR) is 78.0 cm³/mol. The molecule has 0 radical (unpaired) electrons. The fraction of sp³-hybridized carbons (Fsp3) is 0.933. The van der Waals surface area contributed by atoms with E-state index in [4.69, 9.17) is 5.26 Å². The quantitative estimate of drug-likeness (QED) is 0.788. The van der Waals surface area contributed by atoms with Crippen LogP contribution in [0.25, 0.3) is 0 Å². The molecule has 2 rings (SSSR count). The van der Waals surface area contributed by atoms with Crippen molar-refractivity contribution in [2.45, 2.75) is 51.1 Å². The Balaban J connectivity index is 1.68. The van der Waals surface area contributed by atoms with Crippen LogP contribution in [-0.4, -0.2) is 61.2 Å². The molecule has 0 spiro atoms. The highest BCUT2D eigenvalue weighted by atomic mass is 15.3. The fourth-order valence-corrected chi connectivity index (χ4v) is 3.37. The Kier molecular flexibility index (Phi) is 6.09. The van der Waals surface area contributed by atoms with Crippen LogP contribution in [0.4, 0.5) is 0 Å². The summed E-state index contributed by atoms with van der Waals surface area (Å²) >= 11 is 0. The molecule has 4 nitrogen and oxygen atoms in total. The summed E-state index contributed by atoms with van der Waals surface area (Å²) in [5, 5.41) is 12.3. The van der Waals surface area contributed by atoms with Crippen molar-refractivity contribution in [3.8, 4) is 6.07 Å². The largest absolute Gasteiger partial charge is 0.302 e. The zero-order chi connectivity index (χ0) is 13.5. The highest BCUT2D eigenvalue weighted by Crippen LogP contribution is 2.20. The highest BCUT2D eigenvalue weighted by molar-refractivity contribution is 4.91. The Bertz CT molecular complexity index is 293. The third kappa shape index (κ3) is 4.45. The molecule has 0 aromatic carbocycles. The minimum absolute atomic E-state index is 0.0269. The first-order chi connectivity index (χ1) is 9.33. The summed E-state index contributed by atoms with van der Waals surface area (Å²) in [5.41, 5.74) is 0. The number of likely N-dealkylation sites (tertiary alicyclic amines) is 2. The van der Waals surface area contributed by atoms with Gasteiger partial charge in [0.15, 0.2) is 0 Å². The summed E-state index contributed by atoms with van der Waals surface area (Å²) in [4.78, 5) is 5.23. The van der Waals surface area contributed by atoms with Crippen molar-refractivity contribution in [3.63, 3.8) is 0 Å². The number of piperidine rings is 1. The molecule has 0 bridgehead atoms. The van der Waals surface area contributed by atoms with Gasteiger partial charge in [-0.15, -0.1) is 0 Å². The van der Waals surface area contributed by atoms with E-state index in [1.807, 2.05) is 0 Å². The molecule has 2 aliphatic heterocycles. The maximum absolute atomic E-state index is 9.05. The number of rotatable bonds is 6. The van der Waals surface area contributed by atoms with Crippen molar-refractivity contribution < 1.29 is 0 Å². The molecule has 1 N–H and O–H groups in total. The van der Waals surface area contributed by atoms with Crippen LogP contribution >= 0.6 is 0 Å². The SMILES string of the molecule is CCNC(C#N)CCN1CCC(N2CCCCC2)C1. The van der Waals surface area contributed by atoms with Crippen LogP contribution in [-0.2, 0) is 0 Å². The van der Waals surface area contributed by atoms with Gasteiger partial charge in [0.05, 0.1) is 12.1 Å². The average Bonchev–Trinajstić information content (AvgIpc) is 2.93. The normalized spacial score (nSPS) is 27.3. The van der Waals surface area contributed by atoms with Gasteiger partial charge >= 0.3 is 0 Å². The van der Waals surface area contributed by atoms with Crippen molar-refractivity contribution >= 4 is 0 Å². The molecule has 0 saturated carbocycles. The van der Waals surface area contributed by atoms with E-state index >= 15 is 0 Å². The lowest BCUT2D eigenvalue weighted by Crippen LogP contribution is -2.41. The first-order valence-corrected chi connectivity index (χ1v) is 7.93. The topological polar surface area (TPSA) is 42.3 Å². The van der Waals surface area contributed by atoms with E-state index in [1.165, 1.54) is 51.9 Å². The first kappa shape index (κ1) is 14.8. The second kappa shape index (κ2) is 7.84. The Morgan fingerprint density at radius 2 is 2.05 bits per heavy atom. The molecule has 19 heavy (non-hydrogen) atoms. The monoisotopic (exact) mass is 264 g/mol. The molecule has 2 heterocycles. The van der Waals surface area contributed by atoms with Crippen LogP contribution in [0.5, 0.6) is 0 Å². The first-order valence-electron chi connectivity index (χ1n) is 7.93. The van der Waals surface area contributed by atoms with Crippen LogP contribution in [0.3, 0.4) is 0 Å².